The first kappa shape index (κ1) is 23.0. The van der Waals surface area contributed by atoms with Gasteiger partial charge in [0.25, 0.3) is 5.56 Å². The maximum atomic E-state index is 13.0. The molecule has 4 aromatic rings. The Morgan fingerprint density at radius 1 is 1.09 bits per heavy atom. The average molecular weight is 473 g/mol. The van der Waals surface area contributed by atoms with Gasteiger partial charge in [-0.25, -0.2) is 4.98 Å². The molecule has 0 radical (unpaired) electrons. The van der Waals surface area contributed by atoms with E-state index in [1.165, 1.54) is 4.57 Å². The number of carbonyl (C=O) groups excluding carboxylic acids is 1. The number of rotatable bonds is 5. The van der Waals surface area contributed by atoms with Gasteiger partial charge in [-0.15, -0.1) is 0 Å². The highest BCUT2D eigenvalue weighted by Gasteiger charge is 2.27. The second-order valence-corrected chi connectivity index (χ2v) is 8.68. The molecule has 0 aliphatic carbocycles. The van der Waals surface area contributed by atoms with Crippen molar-refractivity contribution in [1.29, 1.82) is 5.26 Å². The summed E-state index contributed by atoms with van der Waals surface area (Å²) in [7, 11) is 1.65. The number of carbonyl (C=O) groups is 1. The largest absolute Gasteiger partial charge is 0.325 e. The molecule has 2 aromatic carbocycles. The zero-order valence-electron chi connectivity index (χ0n) is 18.8. The van der Waals surface area contributed by atoms with Crippen LogP contribution in [0.2, 0.25) is 5.02 Å². The number of pyridine rings is 1. The van der Waals surface area contributed by atoms with Crippen LogP contribution in [0, 0.1) is 16.7 Å². The van der Waals surface area contributed by atoms with E-state index < -0.39 is 11.3 Å². The van der Waals surface area contributed by atoms with Crippen LogP contribution in [-0.2, 0) is 11.8 Å². The molecular weight excluding hydrogens is 452 g/mol. The lowest BCUT2D eigenvalue weighted by Gasteiger charge is -2.15. The van der Waals surface area contributed by atoms with Gasteiger partial charge in [0, 0.05) is 46.2 Å². The molecule has 170 valence electrons. The van der Waals surface area contributed by atoms with Crippen LogP contribution in [0.15, 0.2) is 65.6 Å². The van der Waals surface area contributed by atoms with Gasteiger partial charge in [0.05, 0.1) is 6.07 Å². The second kappa shape index (κ2) is 8.96. The topological polar surface area (TPSA) is 113 Å². The number of hydrogen-bond acceptors (Lipinski definition) is 6. The van der Waals surface area contributed by atoms with Crippen molar-refractivity contribution in [1.82, 2.24) is 14.5 Å². The maximum absolute atomic E-state index is 13.0. The maximum Gasteiger partial charge on any atom is 0.259 e. The number of aryl methyl sites for hydroxylation is 1. The van der Waals surface area contributed by atoms with Crippen LogP contribution in [0.25, 0.3) is 22.2 Å². The summed E-state index contributed by atoms with van der Waals surface area (Å²) in [5.74, 6) is -0.118. The molecule has 0 fully saturated rings. The number of anilines is 3. The van der Waals surface area contributed by atoms with Crippen molar-refractivity contribution >= 4 is 45.9 Å². The van der Waals surface area contributed by atoms with E-state index in [9.17, 15) is 9.59 Å². The molecule has 4 rings (SSSR count). The molecule has 1 amide bonds. The molecule has 2 N–H and O–H groups in total. The third kappa shape index (κ3) is 4.47. The smallest absolute Gasteiger partial charge is 0.259 e. The van der Waals surface area contributed by atoms with Crippen LogP contribution in [0.3, 0.4) is 0 Å². The van der Waals surface area contributed by atoms with Crippen molar-refractivity contribution in [2.24, 2.45) is 12.5 Å². The van der Waals surface area contributed by atoms with E-state index in [-0.39, 0.29) is 11.5 Å². The van der Waals surface area contributed by atoms with Crippen molar-refractivity contribution < 1.29 is 4.79 Å². The van der Waals surface area contributed by atoms with E-state index in [1.807, 2.05) is 18.2 Å². The van der Waals surface area contributed by atoms with Gasteiger partial charge in [0.1, 0.15) is 11.1 Å². The predicted octanol–water partition coefficient (Wildman–Crippen LogP) is 4.88. The Hall–Kier alpha value is -4.22. The highest BCUT2D eigenvalue weighted by molar-refractivity contribution is 6.33. The van der Waals surface area contributed by atoms with Crippen LogP contribution in [0.5, 0.6) is 0 Å². The average Bonchev–Trinajstić information content (AvgIpc) is 2.82. The molecule has 2 heterocycles. The Kier molecular flexibility index (Phi) is 6.05. The monoisotopic (exact) mass is 472 g/mol. The Bertz CT molecular complexity index is 1520. The van der Waals surface area contributed by atoms with Gasteiger partial charge in [-0.1, -0.05) is 35.9 Å². The summed E-state index contributed by atoms with van der Waals surface area (Å²) in [6.07, 6.45) is 1.63. The van der Waals surface area contributed by atoms with Gasteiger partial charge >= 0.3 is 0 Å². The van der Waals surface area contributed by atoms with Crippen molar-refractivity contribution in [2.75, 3.05) is 10.6 Å². The fourth-order valence-corrected chi connectivity index (χ4v) is 3.56. The minimum absolute atomic E-state index is 0.227. The van der Waals surface area contributed by atoms with Crippen molar-refractivity contribution in [3.63, 3.8) is 0 Å². The number of nitrogens with one attached hydrogen (secondary N) is 2. The van der Waals surface area contributed by atoms with E-state index in [4.69, 9.17) is 16.9 Å². The summed E-state index contributed by atoms with van der Waals surface area (Å²) in [6, 6.07) is 17.8. The van der Waals surface area contributed by atoms with Crippen molar-refractivity contribution in [3.05, 3.63) is 76.2 Å². The molecule has 0 atom stereocenters. The molecule has 0 aliphatic rings. The van der Waals surface area contributed by atoms with E-state index in [0.717, 1.165) is 0 Å². The predicted molar refractivity (Wildman–Crippen MR) is 133 cm³/mol. The lowest BCUT2D eigenvalue weighted by Crippen LogP contribution is -2.29. The number of halogens is 1. The van der Waals surface area contributed by atoms with Crippen LogP contribution < -0.4 is 16.2 Å². The first-order valence-corrected chi connectivity index (χ1v) is 10.8. The highest BCUT2D eigenvalue weighted by Crippen LogP contribution is 2.27. The molecule has 0 spiro atoms. The number of aromatic nitrogens is 3. The van der Waals surface area contributed by atoms with E-state index in [0.29, 0.717) is 38.6 Å². The summed E-state index contributed by atoms with van der Waals surface area (Å²) >= 11 is 6.30. The minimum Gasteiger partial charge on any atom is -0.325 e. The summed E-state index contributed by atoms with van der Waals surface area (Å²) < 4.78 is 1.46. The van der Waals surface area contributed by atoms with Crippen LogP contribution in [0.4, 0.5) is 17.3 Å². The second-order valence-electron chi connectivity index (χ2n) is 8.27. The molecular formula is C25H21ClN6O2. The summed E-state index contributed by atoms with van der Waals surface area (Å²) in [5, 5.41) is 16.1. The molecule has 2 aromatic heterocycles. The SMILES string of the molecule is Cn1c(=O)c(-c2ccccc2Cl)cc2cnc(Nc3cccc(NC(=O)C(C)(C)C#N)c3)nc21. The van der Waals surface area contributed by atoms with E-state index >= 15 is 0 Å². The Labute approximate surface area is 200 Å². The molecule has 0 saturated heterocycles. The normalized spacial score (nSPS) is 11.1. The number of nitriles is 1. The molecule has 8 nitrogen and oxygen atoms in total. The summed E-state index contributed by atoms with van der Waals surface area (Å²) in [4.78, 5) is 34.2. The standard InChI is InChI=1S/C25H21ClN6O2/c1-25(2,14-27)23(34)29-16-7-6-8-17(12-16)30-24-28-13-15-11-19(18-9-4-5-10-20(18)26)22(33)32(3)21(15)31-24/h4-13H,1-3H3,(H,29,34)(H,28,30,31). The molecule has 0 aliphatic heterocycles. The number of nitrogens with zero attached hydrogens (tertiary/aromatic N) is 4. The zero-order chi connectivity index (χ0) is 24.5. The Balaban J connectivity index is 1.65. The van der Waals surface area contributed by atoms with Crippen molar-refractivity contribution in [3.8, 4) is 17.2 Å². The van der Waals surface area contributed by atoms with Gasteiger partial charge < -0.3 is 10.6 Å². The first-order valence-electron chi connectivity index (χ1n) is 10.4. The summed E-state index contributed by atoms with van der Waals surface area (Å²) in [5.41, 5.74) is 1.34. The number of benzene rings is 2. The minimum atomic E-state index is -1.15. The fraction of sp³-hybridized carbons (Fsp3) is 0.160. The van der Waals surface area contributed by atoms with Gasteiger partial charge in [0.15, 0.2) is 0 Å². The van der Waals surface area contributed by atoms with Crippen LogP contribution in [-0.4, -0.2) is 20.4 Å². The molecule has 0 bridgehead atoms. The van der Waals surface area contributed by atoms with Crippen LogP contribution in [0.1, 0.15) is 13.8 Å². The molecule has 0 unspecified atom stereocenters. The van der Waals surface area contributed by atoms with E-state index in [1.54, 1.807) is 69.6 Å². The Morgan fingerprint density at radius 2 is 1.82 bits per heavy atom. The third-order valence-electron chi connectivity index (χ3n) is 5.34. The first-order chi connectivity index (χ1) is 16.2. The molecule has 0 saturated carbocycles. The summed E-state index contributed by atoms with van der Waals surface area (Å²) in [6.45, 7) is 3.10. The number of fused-ring (bicyclic) bond motifs is 1. The van der Waals surface area contributed by atoms with Gasteiger partial charge in [-0.05, 0) is 44.2 Å². The fourth-order valence-electron chi connectivity index (χ4n) is 3.32. The Morgan fingerprint density at radius 3 is 2.56 bits per heavy atom. The van der Waals surface area contributed by atoms with Gasteiger partial charge in [-0.2, -0.15) is 10.2 Å². The number of amides is 1. The molecule has 34 heavy (non-hydrogen) atoms. The molecule has 9 heteroatoms. The lowest BCUT2D eigenvalue weighted by atomic mass is 9.94. The quantitative estimate of drug-likeness (QED) is 0.428. The lowest BCUT2D eigenvalue weighted by molar-refractivity contribution is -0.121. The third-order valence-corrected chi connectivity index (χ3v) is 5.67. The van der Waals surface area contributed by atoms with Crippen molar-refractivity contribution in [2.45, 2.75) is 13.8 Å². The van der Waals surface area contributed by atoms with Crippen LogP contribution >= 0.6 is 11.6 Å². The zero-order valence-corrected chi connectivity index (χ0v) is 19.5. The van der Waals surface area contributed by atoms with Gasteiger partial charge in [0.2, 0.25) is 11.9 Å². The van der Waals surface area contributed by atoms with Gasteiger partial charge in [-0.3, -0.25) is 14.2 Å². The van der Waals surface area contributed by atoms with E-state index in [2.05, 4.69) is 20.6 Å². The highest BCUT2D eigenvalue weighted by atomic mass is 35.5. The number of hydrogen-bond donors (Lipinski definition) is 2.